The molecule has 0 amide bonds. The molecule has 5 nitrogen and oxygen atoms in total. The summed E-state index contributed by atoms with van der Waals surface area (Å²) >= 11 is 0. The van der Waals surface area contributed by atoms with Gasteiger partial charge in [0.2, 0.25) is 0 Å². The fourth-order valence-corrected chi connectivity index (χ4v) is 1.94. The fraction of sp³-hybridized carbons (Fsp3) is 0.312. The summed E-state index contributed by atoms with van der Waals surface area (Å²) < 4.78 is 6.53. The topological polar surface area (TPSA) is 67.9 Å². The predicted octanol–water partition coefficient (Wildman–Crippen LogP) is 2.96. The fourth-order valence-electron chi connectivity index (χ4n) is 1.94. The molecule has 0 fully saturated rings. The van der Waals surface area contributed by atoms with Gasteiger partial charge >= 0.3 is 5.97 Å². The number of carbonyl (C=O) groups is 1. The van der Waals surface area contributed by atoms with Crippen molar-refractivity contribution >= 4 is 5.97 Å². The third kappa shape index (κ3) is 2.95. The van der Waals surface area contributed by atoms with Crippen LogP contribution < -0.4 is 0 Å². The first-order valence-electron chi connectivity index (χ1n) is 6.55. The Morgan fingerprint density at radius 3 is 2.57 bits per heavy atom. The van der Waals surface area contributed by atoms with Crippen molar-refractivity contribution in [3.63, 3.8) is 0 Å². The van der Waals surface area contributed by atoms with Crippen LogP contribution in [0.4, 0.5) is 0 Å². The first-order valence-corrected chi connectivity index (χ1v) is 6.55. The molecule has 0 aliphatic carbocycles. The Morgan fingerprint density at radius 1 is 1.33 bits per heavy atom. The zero-order valence-electron chi connectivity index (χ0n) is 12.5. The van der Waals surface area contributed by atoms with Gasteiger partial charge in [-0.3, -0.25) is 4.68 Å². The minimum Gasteiger partial charge on any atom is -0.465 e. The van der Waals surface area contributed by atoms with Gasteiger partial charge in [0.15, 0.2) is 0 Å². The minimum absolute atomic E-state index is 0.109. The maximum absolute atomic E-state index is 11.6. The quantitative estimate of drug-likeness (QED) is 0.795. The molecule has 1 heterocycles. The highest BCUT2D eigenvalue weighted by Crippen LogP contribution is 2.24. The van der Waals surface area contributed by atoms with Crippen molar-refractivity contribution in [2.75, 3.05) is 7.11 Å². The number of nitriles is 1. The first-order chi connectivity index (χ1) is 9.86. The summed E-state index contributed by atoms with van der Waals surface area (Å²) in [5.41, 5.74) is 2.20. The van der Waals surface area contributed by atoms with Crippen LogP contribution in [0.25, 0.3) is 11.1 Å². The molecule has 0 bridgehead atoms. The first kappa shape index (κ1) is 14.8. The highest BCUT2D eigenvalue weighted by molar-refractivity contribution is 5.93. The van der Waals surface area contributed by atoms with Gasteiger partial charge in [0.25, 0.3) is 0 Å². The largest absolute Gasteiger partial charge is 0.465 e. The zero-order valence-corrected chi connectivity index (χ0v) is 12.5. The molecule has 0 atom stereocenters. The van der Waals surface area contributed by atoms with E-state index in [4.69, 9.17) is 0 Å². The summed E-state index contributed by atoms with van der Waals surface area (Å²) in [6, 6.07) is 7.10. The Hall–Kier alpha value is -2.61. The van der Waals surface area contributed by atoms with Gasteiger partial charge in [0.1, 0.15) is 6.07 Å². The van der Waals surface area contributed by atoms with Crippen LogP contribution in [-0.2, 0) is 10.3 Å². The van der Waals surface area contributed by atoms with E-state index in [1.807, 2.05) is 16.9 Å². The summed E-state index contributed by atoms with van der Waals surface area (Å²) in [4.78, 5) is 11.6. The Morgan fingerprint density at radius 2 is 2.05 bits per heavy atom. The molecule has 0 unspecified atom stereocenters. The highest BCUT2D eigenvalue weighted by atomic mass is 16.5. The second-order valence-corrected chi connectivity index (χ2v) is 5.71. The van der Waals surface area contributed by atoms with Crippen molar-refractivity contribution in [1.82, 2.24) is 9.78 Å². The lowest BCUT2D eigenvalue weighted by Gasteiger charge is -2.18. The van der Waals surface area contributed by atoms with Crippen molar-refractivity contribution in [2.24, 2.45) is 0 Å². The zero-order chi connectivity index (χ0) is 15.6. The van der Waals surface area contributed by atoms with Gasteiger partial charge < -0.3 is 4.74 Å². The third-order valence-electron chi connectivity index (χ3n) is 3.15. The summed E-state index contributed by atoms with van der Waals surface area (Å²) in [6.07, 6.45) is 3.67. The van der Waals surface area contributed by atoms with E-state index in [0.29, 0.717) is 5.56 Å². The van der Waals surface area contributed by atoms with Gasteiger partial charge in [-0.05, 0) is 38.5 Å². The van der Waals surface area contributed by atoms with Crippen LogP contribution in [0, 0.1) is 11.3 Å². The van der Waals surface area contributed by atoms with Crippen molar-refractivity contribution in [3.05, 3.63) is 41.7 Å². The predicted molar refractivity (Wildman–Crippen MR) is 78.7 cm³/mol. The van der Waals surface area contributed by atoms with E-state index >= 15 is 0 Å². The van der Waals surface area contributed by atoms with Crippen LogP contribution >= 0.6 is 0 Å². The summed E-state index contributed by atoms with van der Waals surface area (Å²) in [6.45, 7) is 6.18. The van der Waals surface area contributed by atoms with Gasteiger partial charge in [-0.1, -0.05) is 6.07 Å². The Bertz CT molecular complexity index is 718. The number of aromatic nitrogens is 2. The molecular formula is C16H17N3O2. The highest BCUT2D eigenvalue weighted by Gasteiger charge is 2.16. The number of methoxy groups -OCH3 is 1. The van der Waals surface area contributed by atoms with Crippen molar-refractivity contribution < 1.29 is 9.53 Å². The van der Waals surface area contributed by atoms with Gasteiger partial charge in [0, 0.05) is 11.8 Å². The lowest BCUT2D eigenvalue weighted by molar-refractivity contribution is 0.0600. The standard InChI is InChI=1S/C16H17N3O2/c1-16(2,3)19-10-13(9-18-19)11-5-6-14(15(20)21-4)12(7-11)8-17/h5-7,9-10H,1-4H3. The van der Waals surface area contributed by atoms with Crippen LogP contribution in [0.15, 0.2) is 30.6 Å². The molecule has 21 heavy (non-hydrogen) atoms. The molecule has 1 aromatic heterocycles. The van der Waals surface area contributed by atoms with Crippen LogP contribution in [-0.4, -0.2) is 22.9 Å². The van der Waals surface area contributed by atoms with E-state index in [0.717, 1.165) is 11.1 Å². The molecule has 5 heteroatoms. The van der Waals surface area contributed by atoms with Gasteiger partial charge in [-0.15, -0.1) is 0 Å². The van der Waals surface area contributed by atoms with Crippen LogP contribution in [0.3, 0.4) is 0 Å². The maximum Gasteiger partial charge on any atom is 0.339 e. The molecule has 0 N–H and O–H groups in total. The molecule has 0 aliphatic rings. The average molecular weight is 283 g/mol. The van der Waals surface area contributed by atoms with E-state index in [1.54, 1.807) is 24.4 Å². The maximum atomic E-state index is 11.6. The third-order valence-corrected chi connectivity index (χ3v) is 3.15. The van der Waals surface area contributed by atoms with Crippen molar-refractivity contribution in [1.29, 1.82) is 5.26 Å². The number of carbonyl (C=O) groups excluding carboxylic acids is 1. The molecule has 1 aromatic carbocycles. The lowest BCUT2D eigenvalue weighted by Crippen LogP contribution is -2.21. The number of ether oxygens (including phenoxy) is 1. The summed E-state index contributed by atoms with van der Waals surface area (Å²) in [5.74, 6) is -0.511. The van der Waals surface area contributed by atoms with Gasteiger partial charge in [-0.2, -0.15) is 10.4 Å². The number of rotatable bonds is 2. The Kier molecular flexibility index (Phi) is 3.81. The number of benzene rings is 1. The van der Waals surface area contributed by atoms with E-state index < -0.39 is 5.97 Å². The number of hydrogen-bond acceptors (Lipinski definition) is 4. The second-order valence-electron chi connectivity index (χ2n) is 5.71. The van der Waals surface area contributed by atoms with Gasteiger partial charge in [0.05, 0.1) is 30.0 Å². The van der Waals surface area contributed by atoms with Crippen molar-refractivity contribution in [2.45, 2.75) is 26.3 Å². The molecule has 0 aliphatic heterocycles. The molecule has 0 saturated carbocycles. The molecule has 2 aromatic rings. The lowest BCUT2D eigenvalue weighted by atomic mass is 10.0. The molecule has 0 spiro atoms. The Labute approximate surface area is 123 Å². The molecule has 0 saturated heterocycles. The normalized spacial score (nSPS) is 11.0. The van der Waals surface area contributed by atoms with Gasteiger partial charge in [-0.25, -0.2) is 4.79 Å². The van der Waals surface area contributed by atoms with E-state index in [1.165, 1.54) is 7.11 Å². The smallest absolute Gasteiger partial charge is 0.339 e. The van der Waals surface area contributed by atoms with E-state index in [9.17, 15) is 10.1 Å². The van der Waals surface area contributed by atoms with E-state index in [2.05, 4.69) is 30.6 Å². The summed E-state index contributed by atoms with van der Waals surface area (Å²) in [7, 11) is 1.30. The van der Waals surface area contributed by atoms with E-state index in [-0.39, 0.29) is 11.1 Å². The average Bonchev–Trinajstić information content (AvgIpc) is 2.95. The molecular weight excluding hydrogens is 266 g/mol. The SMILES string of the molecule is COC(=O)c1ccc(-c2cnn(C(C)(C)C)c2)cc1C#N. The van der Waals surface area contributed by atoms with Crippen LogP contribution in [0.1, 0.15) is 36.7 Å². The van der Waals surface area contributed by atoms with Crippen LogP contribution in [0.5, 0.6) is 0 Å². The summed E-state index contributed by atoms with van der Waals surface area (Å²) in [5, 5.41) is 13.5. The molecule has 108 valence electrons. The number of hydrogen-bond donors (Lipinski definition) is 0. The van der Waals surface area contributed by atoms with Crippen molar-refractivity contribution in [3.8, 4) is 17.2 Å². The Balaban J connectivity index is 2.45. The molecule has 2 rings (SSSR count). The minimum atomic E-state index is -0.511. The van der Waals surface area contributed by atoms with Crippen LogP contribution in [0.2, 0.25) is 0 Å². The number of nitrogens with zero attached hydrogens (tertiary/aromatic N) is 3. The molecule has 0 radical (unpaired) electrons. The second kappa shape index (κ2) is 5.41. The monoisotopic (exact) mass is 283 g/mol. The number of esters is 1.